The minimum Gasteiger partial charge on any atom is -0.497 e. The summed E-state index contributed by atoms with van der Waals surface area (Å²) in [6.07, 6.45) is 3.57. The molecule has 0 saturated carbocycles. The molecule has 0 bridgehead atoms. The van der Waals surface area contributed by atoms with Gasteiger partial charge in [-0.2, -0.15) is 0 Å². The van der Waals surface area contributed by atoms with E-state index < -0.39 is 17.9 Å². The van der Waals surface area contributed by atoms with Gasteiger partial charge in [0.05, 0.1) is 7.11 Å². The van der Waals surface area contributed by atoms with Crippen LogP contribution in [0.25, 0.3) is 0 Å². The Morgan fingerprint density at radius 2 is 1.87 bits per heavy atom. The molecular weight excluding hydrogens is 298 g/mol. The highest BCUT2D eigenvalue weighted by atomic mass is 16.5. The van der Waals surface area contributed by atoms with E-state index in [1.165, 1.54) is 7.11 Å². The zero-order valence-electron chi connectivity index (χ0n) is 13.2. The molecule has 2 N–H and O–H groups in total. The van der Waals surface area contributed by atoms with Crippen molar-refractivity contribution < 1.29 is 24.2 Å². The first-order chi connectivity index (χ1) is 11.0. The van der Waals surface area contributed by atoms with E-state index in [9.17, 15) is 14.4 Å². The van der Waals surface area contributed by atoms with Crippen LogP contribution in [0.2, 0.25) is 0 Å². The van der Waals surface area contributed by atoms with E-state index in [0.717, 1.165) is 0 Å². The van der Waals surface area contributed by atoms with Crippen LogP contribution in [0.1, 0.15) is 36.5 Å². The fourth-order valence-electron chi connectivity index (χ4n) is 1.91. The van der Waals surface area contributed by atoms with E-state index in [0.29, 0.717) is 11.3 Å². The van der Waals surface area contributed by atoms with Crippen LogP contribution in [0.15, 0.2) is 36.4 Å². The molecule has 124 valence electrons. The number of aliphatic carboxylic acids is 1. The largest absolute Gasteiger partial charge is 0.497 e. The second-order valence-electron chi connectivity index (χ2n) is 4.91. The lowest BCUT2D eigenvalue weighted by molar-refractivity contribution is -0.141. The molecule has 1 atom stereocenters. The molecule has 6 nitrogen and oxygen atoms in total. The number of Topliss-reactive ketones (excluding diaryl/α,β-unsaturated/α-hetero) is 1. The van der Waals surface area contributed by atoms with Crippen molar-refractivity contribution in [3.8, 4) is 5.75 Å². The van der Waals surface area contributed by atoms with Crippen LogP contribution < -0.4 is 10.1 Å². The van der Waals surface area contributed by atoms with E-state index in [4.69, 9.17) is 9.84 Å². The van der Waals surface area contributed by atoms with Crippen LogP contribution in [0.5, 0.6) is 5.75 Å². The predicted molar refractivity (Wildman–Crippen MR) is 85.6 cm³/mol. The number of ketones is 1. The van der Waals surface area contributed by atoms with Gasteiger partial charge in [0.2, 0.25) is 5.91 Å². The molecule has 1 amide bonds. The van der Waals surface area contributed by atoms with Crippen molar-refractivity contribution in [1.29, 1.82) is 0 Å². The number of allylic oxidation sites excluding steroid dienone is 1. The van der Waals surface area contributed by atoms with Crippen molar-refractivity contribution in [2.75, 3.05) is 7.11 Å². The quantitative estimate of drug-likeness (QED) is 0.537. The van der Waals surface area contributed by atoms with Crippen molar-refractivity contribution >= 4 is 17.7 Å². The third-order valence-electron chi connectivity index (χ3n) is 3.23. The molecule has 0 aromatic heterocycles. The van der Waals surface area contributed by atoms with Gasteiger partial charge in [-0.25, -0.2) is 4.79 Å². The first-order valence-electron chi connectivity index (χ1n) is 7.28. The van der Waals surface area contributed by atoms with Crippen LogP contribution >= 0.6 is 0 Å². The van der Waals surface area contributed by atoms with E-state index in [1.807, 2.05) is 0 Å². The Balaban J connectivity index is 2.50. The molecule has 1 rings (SSSR count). The van der Waals surface area contributed by atoms with E-state index in [-0.39, 0.29) is 25.0 Å². The number of carbonyl (C=O) groups is 3. The maximum absolute atomic E-state index is 12.0. The van der Waals surface area contributed by atoms with E-state index >= 15 is 0 Å². The minimum absolute atomic E-state index is 0.0219. The summed E-state index contributed by atoms with van der Waals surface area (Å²) < 4.78 is 5.01. The Bertz CT molecular complexity index is 577. The van der Waals surface area contributed by atoms with E-state index in [1.54, 1.807) is 43.3 Å². The van der Waals surface area contributed by atoms with Gasteiger partial charge in [-0.1, -0.05) is 12.2 Å². The summed E-state index contributed by atoms with van der Waals surface area (Å²) in [6.45, 7) is 1.77. The molecule has 23 heavy (non-hydrogen) atoms. The molecular formula is C17H21NO5. The zero-order chi connectivity index (χ0) is 17.2. The number of hydrogen-bond donors (Lipinski definition) is 2. The molecule has 0 saturated heterocycles. The lowest BCUT2D eigenvalue weighted by Crippen LogP contribution is -2.40. The number of carboxylic acid groups (broad SMARTS) is 1. The number of carbonyl (C=O) groups excluding carboxylic acids is 2. The minimum atomic E-state index is -1.10. The molecule has 0 aliphatic rings. The summed E-state index contributed by atoms with van der Waals surface area (Å²) in [7, 11) is 1.54. The first kappa shape index (κ1) is 18.4. The summed E-state index contributed by atoms with van der Waals surface area (Å²) in [4.78, 5) is 34.8. The van der Waals surface area contributed by atoms with Gasteiger partial charge in [0.25, 0.3) is 0 Å². The number of ether oxygens (including phenoxy) is 1. The highest BCUT2D eigenvalue weighted by Crippen LogP contribution is 2.13. The van der Waals surface area contributed by atoms with Gasteiger partial charge in [0, 0.05) is 18.4 Å². The third kappa shape index (κ3) is 6.34. The Labute approximate surface area is 135 Å². The lowest BCUT2D eigenvalue weighted by Gasteiger charge is -2.12. The number of rotatable bonds is 9. The van der Waals surface area contributed by atoms with Crippen LogP contribution in [-0.4, -0.2) is 35.9 Å². The zero-order valence-corrected chi connectivity index (χ0v) is 13.2. The Kier molecular flexibility index (Phi) is 7.53. The van der Waals surface area contributed by atoms with Crippen molar-refractivity contribution in [2.45, 2.75) is 32.2 Å². The third-order valence-corrected chi connectivity index (χ3v) is 3.23. The highest BCUT2D eigenvalue weighted by molar-refractivity contribution is 5.98. The maximum atomic E-state index is 12.0. The molecule has 0 fully saturated rings. The van der Waals surface area contributed by atoms with Crippen molar-refractivity contribution in [3.63, 3.8) is 0 Å². The molecule has 0 radical (unpaired) electrons. The Morgan fingerprint density at radius 3 is 2.39 bits per heavy atom. The van der Waals surface area contributed by atoms with Gasteiger partial charge in [-0.3, -0.25) is 9.59 Å². The molecule has 1 aromatic rings. The van der Waals surface area contributed by atoms with Gasteiger partial charge in [-0.15, -0.1) is 0 Å². The van der Waals surface area contributed by atoms with Crippen LogP contribution in [0.4, 0.5) is 0 Å². The fraction of sp³-hybridized carbons (Fsp3) is 0.353. The van der Waals surface area contributed by atoms with E-state index in [2.05, 4.69) is 5.32 Å². The molecule has 0 aliphatic carbocycles. The predicted octanol–water partition coefficient (Wildman–Crippen LogP) is 2.19. The smallest absolute Gasteiger partial charge is 0.326 e. The maximum Gasteiger partial charge on any atom is 0.326 e. The standard InChI is InChI=1S/C17H21NO5/c1-3-4-5-14(17(21)22)18-16(20)11-10-15(19)12-6-8-13(23-2)9-7-12/h3-4,6-9,14H,5,10-11H2,1-2H3,(H,18,20)(H,21,22)/b4-3+. The molecule has 1 aromatic carbocycles. The summed E-state index contributed by atoms with van der Waals surface area (Å²) in [5, 5.41) is 11.4. The monoisotopic (exact) mass is 319 g/mol. The number of nitrogens with one attached hydrogen (secondary N) is 1. The highest BCUT2D eigenvalue weighted by Gasteiger charge is 2.19. The fourth-order valence-corrected chi connectivity index (χ4v) is 1.91. The van der Waals surface area contributed by atoms with Crippen molar-refractivity contribution in [3.05, 3.63) is 42.0 Å². The Morgan fingerprint density at radius 1 is 1.22 bits per heavy atom. The Hall–Kier alpha value is -2.63. The number of carboxylic acids is 1. The van der Waals surface area contributed by atoms with Crippen molar-refractivity contribution in [2.24, 2.45) is 0 Å². The van der Waals surface area contributed by atoms with Gasteiger partial charge >= 0.3 is 5.97 Å². The second kappa shape index (κ2) is 9.40. The number of hydrogen-bond acceptors (Lipinski definition) is 4. The van der Waals surface area contributed by atoms with Gasteiger partial charge in [-0.05, 0) is 37.6 Å². The van der Waals surface area contributed by atoms with Crippen LogP contribution in [-0.2, 0) is 9.59 Å². The lowest BCUT2D eigenvalue weighted by atomic mass is 10.1. The SMILES string of the molecule is C/C=C/CC(NC(=O)CCC(=O)c1ccc(OC)cc1)C(=O)O. The van der Waals surface area contributed by atoms with Crippen molar-refractivity contribution in [1.82, 2.24) is 5.32 Å². The van der Waals surface area contributed by atoms with Gasteiger partial charge in [0.15, 0.2) is 5.78 Å². The average Bonchev–Trinajstić information content (AvgIpc) is 2.56. The molecule has 0 heterocycles. The molecule has 6 heteroatoms. The summed E-state index contributed by atoms with van der Waals surface area (Å²) in [6, 6.07) is 5.63. The summed E-state index contributed by atoms with van der Waals surface area (Å²) in [5.41, 5.74) is 0.488. The summed E-state index contributed by atoms with van der Waals surface area (Å²) in [5.74, 6) is -1.09. The number of methoxy groups -OCH3 is 1. The molecule has 0 spiro atoms. The summed E-state index contributed by atoms with van der Waals surface area (Å²) >= 11 is 0. The molecule has 0 aliphatic heterocycles. The van der Waals surface area contributed by atoms with Gasteiger partial charge < -0.3 is 15.2 Å². The van der Waals surface area contributed by atoms with Crippen LogP contribution in [0.3, 0.4) is 0 Å². The second-order valence-corrected chi connectivity index (χ2v) is 4.91. The first-order valence-corrected chi connectivity index (χ1v) is 7.28. The van der Waals surface area contributed by atoms with Gasteiger partial charge in [0.1, 0.15) is 11.8 Å². The average molecular weight is 319 g/mol. The molecule has 1 unspecified atom stereocenters. The van der Waals surface area contributed by atoms with Crippen LogP contribution in [0, 0.1) is 0 Å². The normalized spacial score (nSPS) is 11.9. The number of amides is 1. The topological polar surface area (TPSA) is 92.7 Å². The number of benzene rings is 1.